The number of hydrogen-bond donors (Lipinski definition) is 2. The average molecular weight is 312 g/mol. The van der Waals surface area contributed by atoms with Crippen molar-refractivity contribution in [3.05, 3.63) is 59.7 Å². The van der Waals surface area contributed by atoms with Gasteiger partial charge in [-0.2, -0.15) is 0 Å². The minimum absolute atomic E-state index is 0.0722. The molecule has 0 aromatic heterocycles. The highest BCUT2D eigenvalue weighted by molar-refractivity contribution is 6.05. The number of nitrogens with two attached hydrogens (primary N) is 1. The van der Waals surface area contributed by atoms with Crippen LogP contribution >= 0.6 is 0 Å². The molecule has 6 heteroatoms. The Morgan fingerprint density at radius 2 is 1.74 bits per heavy atom. The lowest BCUT2D eigenvalue weighted by Crippen LogP contribution is -2.20. The van der Waals surface area contributed by atoms with Gasteiger partial charge in [0.25, 0.3) is 11.8 Å². The number of hydrogen-bond acceptors (Lipinski definition) is 4. The summed E-state index contributed by atoms with van der Waals surface area (Å²) in [6, 6.07) is 13.0. The van der Waals surface area contributed by atoms with Gasteiger partial charge in [0.05, 0.1) is 0 Å². The number of carbonyl (C=O) groups is 3. The quantitative estimate of drug-likeness (QED) is 0.797. The van der Waals surface area contributed by atoms with Crippen LogP contribution in [-0.2, 0) is 4.79 Å². The first-order chi connectivity index (χ1) is 11.0. The fourth-order valence-electron chi connectivity index (χ4n) is 1.88. The molecule has 3 N–H and O–H groups in total. The number of anilines is 1. The second-order valence-corrected chi connectivity index (χ2v) is 4.87. The summed E-state index contributed by atoms with van der Waals surface area (Å²) in [5, 5.41) is 2.72. The van der Waals surface area contributed by atoms with E-state index in [1.165, 1.54) is 6.92 Å². The van der Waals surface area contributed by atoms with Gasteiger partial charge < -0.3 is 15.8 Å². The van der Waals surface area contributed by atoms with Crippen LogP contribution in [0, 0.1) is 0 Å². The summed E-state index contributed by atoms with van der Waals surface area (Å²) >= 11 is 0. The molecule has 0 spiro atoms. The van der Waals surface area contributed by atoms with Crippen molar-refractivity contribution in [3.63, 3.8) is 0 Å². The van der Waals surface area contributed by atoms with Gasteiger partial charge in [0, 0.05) is 16.8 Å². The molecular formula is C17H16N2O4. The average Bonchev–Trinajstić information content (AvgIpc) is 2.53. The molecule has 23 heavy (non-hydrogen) atoms. The van der Waals surface area contributed by atoms with E-state index in [1.54, 1.807) is 48.5 Å². The monoisotopic (exact) mass is 312 g/mol. The Bertz CT molecular complexity index is 739. The zero-order valence-electron chi connectivity index (χ0n) is 12.5. The molecule has 118 valence electrons. The van der Waals surface area contributed by atoms with E-state index in [9.17, 15) is 14.4 Å². The number of ether oxygens (including phenoxy) is 1. The third kappa shape index (κ3) is 4.67. The Morgan fingerprint density at radius 1 is 1.04 bits per heavy atom. The minimum atomic E-state index is -0.572. The summed E-state index contributed by atoms with van der Waals surface area (Å²) in [6.07, 6.45) is 0. The summed E-state index contributed by atoms with van der Waals surface area (Å²) in [5.74, 6) is -0.514. The van der Waals surface area contributed by atoms with Gasteiger partial charge in [-0.25, -0.2) is 0 Å². The van der Waals surface area contributed by atoms with Crippen molar-refractivity contribution in [2.45, 2.75) is 6.92 Å². The van der Waals surface area contributed by atoms with Gasteiger partial charge in [0.2, 0.25) is 0 Å². The predicted molar refractivity (Wildman–Crippen MR) is 85.5 cm³/mol. The zero-order valence-corrected chi connectivity index (χ0v) is 12.5. The molecule has 0 atom stereocenters. The molecule has 6 nitrogen and oxygen atoms in total. The first-order valence-electron chi connectivity index (χ1n) is 6.89. The molecule has 2 aromatic rings. The molecule has 0 saturated heterocycles. The molecule has 2 amide bonds. The summed E-state index contributed by atoms with van der Waals surface area (Å²) in [7, 11) is 0. The lowest BCUT2D eigenvalue weighted by atomic mass is 10.1. The maximum absolute atomic E-state index is 12.2. The SMILES string of the molecule is CC(=O)c1cccc(NC(=O)c2ccc(OCC(N)=O)cc2)c1. The Labute approximate surface area is 133 Å². The molecule has 0 aliphatic carbocycles. The van der Waals surface area contributed by atoms with Crippen molar-refractivity contribution in [2.75, 3.05) is 11.9 Å². The number of amides is 2. The molecular weight excluding hydrogens is 296 g/mol. The molecule has 0 heterocycles. The molecule has 0 radical (unpaired) electrons. The zero-order chi connectivity index (χ0) is 16.8. The third-order valence-corrected chi connectivity index (χ3v) is 3.02. The van der Waals surface area contributed by atoms with Crippen LogP contribution in [0.3, 0.4) is 0 Å². The first kappa shape index (κ1) is 16.2. The number of rotatable bonds is 6. The third-order valence-electron chi connectivity index (χ3n) is 3.02. The van der Waals surface area contributed by atoms with Crippen molar-refractivity contribution in [1.82, 2.24) is 0 Å². The second-order valence-electron chi connectivity index (χ2n) is 4.87. The first-order valence-corrected chi connectivity index (χ1v) is 6.89. The Hall–Kier alpha value is -3.15. The van der Waals surface area contributed by atoms with E-state index in [0.717, 1.165) is 0 Å². The van der Waals surface area contributed by atoms with Gasteiger partial charge in [-0.3, -0.25) is 14.4 Å². The van der Waals surface area contributed by atoms with Crippen LogP contribution in [0.25, 0.3) is 0 Å². The highest BCUT2D eigenvalue weighted by atomic mass is 16.5. The predicted octanol–water partition coefficient (Wildman–Crippen LogP) is 2.01. The molecule has 2 aromatic carbocycles. The highest BCUT2D eigenvalue weighted by Gasteiger charge is 2.08. The van der Waals surface area contributed by atoms with Crippen LogP contribution in [0.4, 0.5) is 5.69 Å². The second kappa shape index (κ2) is 7.22. The molecule has 0 aliphatic rings. The van der Waals surface area contributed by atoms with E-state index in [4.69, 9.17) is 10.5 Å². The van der Waals surface area contributed by atoms with E-state index in [-0.39, 0.29) is 18.3 Å². The number of nitrogens with one attached hydrogen (secondary N) is 1. The topological polar surface area (TPSA) is 98.5 Å². The van der Waals surface area contributed by atoms with Crippen LogP contribution in [0.2, 0.25) is 0 Å². The number of benzene rings is 2. The number of carbonyl (C=O) groups excluding carboxylic acids is 3. The fourth-order valence-corrected chi connectivity index (χ4v) is 1.88. The summed E-state index contributed by atoms with van der Waals surface area (Å²) in [6.45, 7) is 1.25. The van der Waals surface area contributed by atoms with E-state index in [0.29, 0.717) is 22.6 Å². The lowest BCUT2D eigenvalue weighted by Gasteiger charge is -2.08. The van der Waals surface area contributed by atoms with Crippen LogP contribution in [-0.4, -0.2) is 24.2 Å². The Kier molecular flexibility index (Phi) is 5.09. The molecule has 0 unspecified atom stereocenters. The molecule has 0 aliphatic heterocycles. The lowest BCUT2D eigenvalue weighted by molar-refractivity contribution is -0.119. The van der Waals surface area contributed by atoms with Crippen LogP contribution < -0.4 is 15.8 Å². The molecule has 0 saturated carbocycles. The number of Topliss-reactive ketones (excluding diaryl/α,β-unsaturated/α-hetero) is 1. The van der Waals surface area contributed by atoms with E-state index in [2.05, 4.69) is 5.32 Å². The van der Waals surface area contributed by atoms with E-state index >= 15 is 0 Å². The fraction of sp³-hybridized carbons (Fsp3) is 0.118. The number of primary amides is 1. The van der Waals surface area contributed by atoms with Gasteiger partial charge >= 0.3 is 0 Å². The van der Waals surface area contributed by atoms with Crippen LogP contribution in [0.15, 0.2) is 48.5 Å². The highest BCUT2D eigenvalue weighted by Crippen LogP contribution is 2.15. The number of ketones is 1. The summed E-state index contributed by atoms with van der Waals surface area (Å²) in [5.41, 5.74) is 6.47. The molecule has 0 fully saturated rings. The van der Waals surface area contributed by atoms with Gasteiger partial charge in [-0.15, -0.1) is 0 Å². The normalized spacial score (nSPS) is 9.96. The Balaban J connectivity index is 2.04. The van der Waals surface area contributed by atoms with Crippen molar-refractivity contribution in [1.29, 1.82) is 0 Å². The van der Waals surface area contributed by atoms with Crippen molar-refractivity contribution in [3.8, 4) is 5.75 Å². The van der Waals surface area contributed by atoms with E-state index in [1.807, 2.05) is 0 Å². The summed E-state index contributed by atoms with van der Waals surface area (Å²) in [4.78, 5) is 34.1. The van der Waals surface area contributed by atoms with Gasteiger partial charge in [0.15, 0.2) is 12.4 Å². The van der Waals surface area contributed by atoms with Crippen LogP contribution in [0.1, 0.15) is 27.6 Å². The van der Waals surface area contributed by atoms with Crippen molar-refractivity contribution in [2.24, 2.45) is 5.73 Å². The minimum Gasteiger partial charge on any atom is -0.484 e. The molecule has 0 bridgehead atoms. The molecule has 2 rings (SSSR count). The summed E-state index contributed by atoms with van der Waals surface area (Å²) < 4.78 is 5.12. The maximum Gasteiger partial charge on any atom is 0.255 e. The Morgan fingerprint density at radius 3 is 2.35 bits per heavy atom. The van der Waals surface area contributed by atoms with Crippen molar-refractivity contribution >= 4 is 23.3 Å². The maximum atomic E-state index is 12.2. The van der Waals surface area contributed by atoms with E-state index < -0.39 is 5.91 Å². The smallest absolute Gasteiger partial charge is 0.255 e. The van der Waals surface area contributed by atoms with Gasteiger partial charge in [-0.1, -0.05) is 12.1 Å². The van der Waals surface area contributed by atoms with Crippen molar-refractivity contribution < 1.29 is 19.1 Å². The van der Waals surface area contributed by atoms with Crippen LogP contribution in [0.5, 0.6) is 5.75 Å². The van der Waals surface area contributed by atoms with Gasteiger partial charge in [-0.05, 0) is 43.3 Å². The largest absolute Gasteiger partial charge is 0.484 e. The van der Waals surface area contributed by atoms with Gasteiger partial charge in [0.1, 0.15) is 5.75 Å². The standard InChI is InChI=1S/C17H16N2O4/c1-11(20)13-3-2-4-14(9-13)19-17(22)12-5-7-15(8-6-12)23-10-16(18)21/h2-9H,10H2,1H3,(H2,18,21)(H,19,22).